The van der Waals surface area contributed by atoms with Gasteiger partial charge in [-0.15, -0.1) is 0 Å². The van der Waals surface area contributed by atoms with Gasteiger partial charge in [-0.3, -0.25) is 0 Å². The Balaban J connectivity index is 2.14. The molecule has 3 heteroatoms. The standard InChI is InChI=1S/C20H16O3/c1-11-8-9-15-16(10-18(21)23-19(15)12(11)2)20-13(3)14-6-4-5-7-17(14)22-20/h4-10H,1-3H3. The minimum Gasteiger partial charge on any atom is -0.456 e. The molecule has 0 atom stereocenters. The van der Waals surface area contributed by atoms with Gasteiger partial charge >= 0.3 is 5.63 Å². The van der Waals surface area contributed by atoms with Crippen LogP contribution in [0.4, 0.5) is 0 Å². The third kappa shape index (κ3) is 2.00. The van der Waals surface area contributed by atoms with Crippen LogP contribution >= 0.6 is 0 Å². The summed E-state index contributed by atoms with van der Waals surface area (Å²) in [7, 11) is 0. The van der Waals surface area contributed by atoms with Crippen molar-refractivity contribution in [3.8, 4) is 11.3 Å². The fourth-order valence-electron chi connectivity index (χ4n) is 3.08. The van der Waals surface area contributed by atoms with E-state index in [9.17, 15) is 4.79 Å². The Kier molecular flexibility index (Phi) is 2.91. The van der Waals surface area contributed by atoms with E-state index < -0.39 is 0 Å². The van der Waals surface area contributed by atoms with Crippen LogP contribution in [0.5, 0.6) is 0 Å². The van der Waals surface area contributed by atoms with Crippen molar-refractivity contribution in [2.24, 2.45) is 0 Å². The van der Waals surface area contributed by atoms with Crippen molar-refractivity contribution in [2.45, 2.75) is 20.8 Å². The Morgan fingerprint density at radius 2 is 1.61 bits per heavy atom. The predicted molar refractivity (Wildman–Crippen MR) is 91.9 cm³/mol. The first-order valence-electron chi connectivity index (χ1n) is 7.59. The van der Waals surface area contributed by atoms with E-state index in [-0.39, 0.29) is 5.63 Å². The first-order chi connectivity index (χ1) is 11.1. The molecule has 0 amide bonds. The molecule has 0 N–H and O–H groups in total. The molecule has 3 nitrogen and oxygen atoms in total. The first-order valence-corrected chi connectivity index (χ1v) is 7.59. The Labute approximate surface area is 133 Å². The molecule has 4 aromatic rings. The number of aryl methyl sites for hydroxylation is 3. The second-order valence-corrected chi connectivity index (χ2v) is 5.92. The van der Waals surface area contributed by atoms with Crippen LogP contribution in [0.2, 0.25) is 0 Å². The van der Waals surface area contributed by atoms with E-state index in [1.807, 2.05) is 57.2 Å². The third-order valence-corrected chi connectivity index (χ3v) is 4.52. The predicted octanol–water partition coefficient (Wildman–Crippen LogP) is 5.13. The van der Waals surface area contributed by atoms with E-state index in [0.29, 0.717) is 5.58 Å². The van der Waals surface area contributed by atoms with Gasteiger partial charge in [0.1, 0.15) is 16.9 Å². The van der Waals surface area contributed by atoms with E-state index in [1.165, 1.54) is 6.07 Å². The lowest BCUT2D eigenvalue weighted by atomic mass is 10.00. The van der Waals surface area contributed by atoms with E-state index in [2.05, 4.69) is 0 Å². The quantitative estimate of drug-likeness (QED) is 0.458. The summed E-state index contributed by atoms with van der Waals surface area (Å²) >= 11 is 0. The summed E-state index contributed by atoms with van der Waals surface area (Å²) in [5.74, 6) is 0.729. The van der Waals surface area contributed by atoms with E-state index in [4.69, 9.17) is 8.83 Å². The van der Waals surface area contributed by atoms with Crippen molar-refractivity contribution < 1.29 is 8.83 Å². The molecule has 2 heterocycles. The van der Waals surface area contributed by atoms with Crippen LogP contribution in [0, 0.1) is 20.8 Å². The third-order valence-electron chi connectivity index (χ3n) is 4.52. The Morgan fingerprint density at radius 1 is 0.826 bits per heavy atom. The molecule has 0 aliphatic heterocycles. The van der Waals surface area contributed by atoms with Crippen molar-refractivity contribution >= 4 is 21.9 Å². The molecule has 2 aromatic carbocycles. The Morgan fingerprint density at radius 3 is 2.39 bits per heavy atom. The number of fused-ring (bicyclic) bond motifs is 2. The molecule has 0 bridgehead atoms. The van der Waals surface area contributed by atoms with Gasteiger partial charge in [0.2, 0.25) is 0 Å². The van der Waals surface area contributed by atoms with Gasteiger partial charge in [-0.1, -0.05) is 30.3 Å². The number of rotatable bonds is 1. The maximum Gasteiger partial charge on any atom is 0.336 e. The fraction of sp³-hybridized carbons (Fsp3) is 0.150. The second kappa shape index (κ2) is 4.85. The monoisotopic (exact) mass is 304 g/mol. The summed E-state index contributed by atoms with van der Waals surface area (Å²) in [5, 5.41) is 1.96. The van der Waals surface area contributed by atoms with Crippen molar-refractivity contribution in [3.05, 3.63) is 69.6 Å². The molecule has 0 unspecified atom stereocenters. The summed E-state index contributed by atoms with van der Waals surface area (Å²) < 4.78 is 11.5. The van der Waals surface area contributed by atoms with E-state index >= 15 is 0 Å². The molecule has 0 radical (unpaired) electrons. The molecule has 0 aliphatic rings. The van der Waals surface area contributed by atoms with Crippen LogP contribution < -0.4 is 5.63 Å². The molecular weight excluding hydrogens is 288 g/mol. The Bertz CT molecular complexity index is 1110. The zero-order chi connectivity index (χ0) is 16.1. The maximum absolute atomic E-state index is 12.1. The molecule has 2 aromatic heterocycles. The molecule has 0 spiro atoms. The largest absolute Gasteiger partial charge is 0.456 e. The summed E-state index contributed by atoms with van der Waals surface area (Å²) in [5.41, 5.74) is 4.99. The SMILES string of the molecule is Cc1ccc2c(-c3oc4ccccc4c3C)cc(=O)oc2c1C. The van der Waals surface area contributed by atoms with Gasteiger partial charge in [0, 0.05) is 28.0 Å². The highest BCUT2D eigenvalue weighted by Crippen LogP contribution is 2.36. The number of hydrogen-bond donors (Lipinski definition) is 0. The van der Waals surface area contributed by atoms with Crippen LogP contribution in [0.1, 0.15) is 16.7 Å². The Hall–Kier alpha value is -2.81. The van der Waals surface area contributed by atoms with Crippen LogP contribution in [-0.4, -0.2) is 0 Å². The number of hydrogen-bond acceptors (Lipinski definition) is 3. The minimum absolute atomic E-state index is 0.360. The average Bonchev–Trinajstić information content (AvgIpc) is 2.88. The number of furan rings is 1. The second-order valence-electron chi connectivity index (χ2n) is 5.92. The van der Waals surface area contributed by atoms with Crippen LogP contribution in [0.3, 0.4) is 0 Å². The molecule has 0 saturated carbocycles. The molecule has 0 saturated heterocycles. The molecular formula is C20H16O3. The highest BCUT2D eigenvalue weighted by molar-refractivity contribution is 5.98. The van der Waals surface area contributed by atoms with Gasteiger partial charge in [-0.2, -0.15) is 0 Å². The summed E-state index contributed by atoms with van der Waals surface area (Å²) in [4.78, 5) is 12.1. The smallest absolute Gasteiger partial charge is 0.336 e. The van der Waals surface area contributed by atoms with Gasteiger partial charge in [-0.25, -0.2) is 4.79 Å². The first kappa shape index (κ1) is 13.8. The fourth-order valence-corrected chi connectivity index (χ4v) is 3.08. The topological polar surface area (TPSA) is 43.4 Å². The minimum atomic E-state index is -0.360. The maximum atomic E-state index is 12.1. The van der Waals surface area contributed by atoms with Crippen LogP contribution in [0.25, 0.3) is 33.3 Å². The lowest BCUT2D eigenvalue weighted by Gasteiger charge is -2.08. The lowest BCUT2D eigenvalue weighted by molar-refractivity contribution is 0.557. The normalized spacial score (nSPS) is 11.4. The van der Waals surface area contributed by atoms with Gasteiger partial charge in [0.05, 0.1) is 0 Å². The molecule has 114 valence electrons. The van der Waals surface area contributed by atoms with E-state index in [1.54, 1.807) is 0 Å². The number of benzene rings is 2. The summed E-state index contributed by atoms with van der Waals surface area (Å²) in [6.45, 7) is 5.99. The van der Waals surface area contributed by atoms with Gasteiger partial charge in [-0.05, 0) is 38.0 Å². The van der Waals surface area contributed by atoms with Crippen LogP contribution in [0.15, 0.2) is 56.1 Å². The molecule has 4 rings (SSSR count). The molecule has 0 fully saturated rings. The summed E-state index contributed by atoms with van der Waals surface area (Å²) in [6.07, 6.45) is 0. The zero-order valence-electron chi connectivity index (χ0n) is 13.3. The van der Waals surface area contributed by atoms with Crippen LogP contribution in [-0.2, 0) is 0 Å². The average molecular weight is 304 g/mol. The van der Waals surface area contributed by atoms with Crippen molar-refractivity contribution in [3.63, 3.8) is 0 Å². The highest BCUT2D eigenvalue weighted by atomic mass is 16.4. The zero-order valence-corrected chi connectivity index (χ0v) is 13.3. The molecule has 0 aliphatic carbocycles. The lowest BCUT2D eigenvalue weighted by Crippen LogP contribution is -2.00. The highest BCUT2D eigenvalue weighted by Gasteiger charge is 2.17. The molecule has 23 heavy (non-hydrogen) atoms. The summed E-state index contributed by atoms with van der Waals surface area (Å²) in [6, 6.07) is 13.4. The van der Waals surface area contributed by atoms with Crippen molar-refractivity contribution in [2.75, 3.05) is 0 Å². The van der Waals surface area contributed by atoms with Crippen molar-refractivity contribution in [1.29, 1.82) is 0 Å². The van der Waals surface area contributed by atoms with Crippen molar-refractivity contribution in [1.82, 2.24) is 0 Å². The van der Waals surface area contributed by atoms with Gasteiger partial charge < -0.3 is 8.83 Å². The van der Waals surface area contributed by atoms with Gasteiger partial charge in [0.15, 0.2) is 0 Å². The van der Waals surface area contributed by atoms with E-state index in [0.717, 1.165) is 44.4 Å². The number of para-hydroxylation sites is 1. The van der Waals surface area contributed by atoms with Gasteiger partial charge in [0.25, 0.3) is 0 Å².